The van der Waals surface area contributed by atoms with Crippen LogP contribution in [0.15, 0.2) is 12.2 Å². The van der Waals surface area contributed by atoms with E-state index in [1.807, 2.05) is 0 Å². The van der Waals surface area contributed by atoms with Crippen LogP contribution in [-0.4, -0.2) is 0 Å². The van der Waals surface area contributed by atoms with Crippen LogP contribution in [0.2, 0.25) is 0 Å². The Bertz CT molecular complexity index is 145. The van der Waals surface area contributed by atoms with Gasteiger partial charge in [0.05, 0.1) is 0 Å². The second kappa shape index (κ2) is 20.7. The first-order chi connectivity index (χ1) is 8.91. The Morgan fingerprint density at radius 2 is 1.05 bits per heavy atom. The summed E-state index contributed by atoms with van der Waals surface area (Å²) in [6, 6.07) is 0. The summed E-state index contributed by atoms with van der Waals surface area (Å²) < 4.78 is 0. The zero-order valence-corrected chi connectivity index (χ0v) is 13.8. The van der Waals surface area contributed by atoms with Gasteiger partial charge in [0.2, 0.25) is 0 Å². The van der Waals surface area contributed by atoms with Crippen molar-refractivity contribution in [1.82, 2.24) is 0 Å². The third kappa shape index (κ3) is 20.8. The molecule has 19 heavy (non-hydrogen) atoms. The molecule has 0 heterocycles. The molecule has 0 N–H and O–H groups in total. The van der Waals surface area contributed by atoms with Crippen molar-refractivity contribution in [1.29, 1.82) is 0 Å². The van der Waals surface area contributed by atoms with Crippen molar-refractivity contribution in [3.63, 3.8) is 0 Å². The van der Waals surface area contributed by atoms with Crippen molar-refractivity contribution in [2.45, 2.75) is 96.8 Å². The number of rotatable bonds is 14. The Morgan fingerprint density at radius 3 is 1.53 bits per heavy atom. The van der Waals surface area contributed by atoms with E-state index < -0.39 is 0 Å². The molecular weight excluding hydrogens is 223 g/mol. The number of unbranched alkanes of at least 4 members (excludes halogenated alkanes) is 12. The SMILES string of the molecule is [CH2-]CCCCCCCC=CCCCCCCCC.[Li+]. The molecule has 0 aliphatic heterocycles. The van der Waals surface area contributed by atoms with E-state index >= 15 is 0 Å². The molecule has 0 rings (SSSR count). The maximum atomic E-state index is 3.87. The Hall–Kier alpha value is 0.337. The Kier molecular flexibility index (Phi) is 23.5. The van der Waals surface area contributed by atoms with Crippen LogP contribution in [0.25, 0.3) is 0 Å². The normalized spacial score (nSPS) is 10.8. The zero-order valence-electron chi connectivity index (χ0n) is 13.8. The Morgan fingerprint density at radius 1 is 0.632 bits per heavy atom. The van der Waals surface area contributed by atoms with Crippen molar-refractivity contribution in [2.75, 3.05) is 0 Å². The molecule has 108 valence electrons. The first-order valence-electron chi connectivity index (χ1n) is 8.36. The van der Waals surface area contributed by atoms with E-state index in [9.17, 15) is 0 Å². The standard InChI is InChI=1S/C18H35.Li/c1-3-5-7-9-11-13-15-17-18-16-14-12-10-8-6-4-2;/h17-18H,1,3-16H2,2H3;/q-1;+1. The average Bonchev–Trinajstić information content (AvgIpc) is 2.39. The molecule has 0 atom stereocenters. The van der Waals surface area contributed by atoms with Gasteiger partial charge in [-0.05, 0) is 25.7 Å². The average molecular weight is 258 g/mol. The largest absolute Gasteiger partial charge is 1.00 e. The molecule has 0 amide bonds. The predicted octanol–water partition coefficient (Wildman–Crippen LogP) is 3.86. The molecule has 0 aromatic rings. The molecule has 0 saturated heterocycles. The van der Waals surface area contributed by atoms with Gasteiger partial charge < -0.3 is 6.92 Å². The second-order valence-corrected chi connectivity index (χ2v) is 5.44. The van der Waals surface area contributed by atoms with E-state index in [1.165, 1.54) is 83.5 Å². The van der Waals surface area contributed by atoms with Crippen LogP contribution in [-0.2, 0) is 0 Å². The minimum atomic E-state index is 0. The first kappa shape index (κ1) is 21.6. The van der Waals surface area contributed by atoms with Crippen LogP contribution >= 0.6 is 0 Å². The van der Waals surface area contributed by atoms with Crippen molar-refractivity contribution in [3.8, 4) is 0 Å². The predicted molar refractivity (Wildman–Crippen MR) is 84.8 cm³/mol. The zero-order chi connectivity index (χ0) is 13.3. The van der Waals surface area contributed by atoms with E-state index in [0.717, 1.165) is 6.42 Å². The molecule has 0 unspecified atom stereocenters. The van der Waals surface area contributed by atoms with E-state index in [2.05, 4.69) is 26.0 Å². The van der Waals surface area contributed by atoms with Crippen LogP contribution in [0.1, 0.15) is 96.8 Å². The summed E-state index contributed by atoms with van der Waals surface area (Å²) in [6.07, 6.45) is 23.8. The third-order valence-corrected chi connectivity index (χ3v) is 3.51. The van der Waals surface area contributed by atoms with Gasteiger partial charge in [-0.3, -0.25) is 0 Å². The second-order valence-electron chi connectivity index (χ2n) is 5.44. The maximum Gasteiger partial charge on any atom is 1.00 e. The van der Waals surface area contributed by atoms with Crippen molar-refractivity contribution < 1.29 is 18.9 Å². The van der Waals surface area contributed by atoms with Gasteiger partial charge in [-0.1, -0.05) is 76.9 Å². The Balaban J connectivity index is 0. The summed E-state index contributed by atoms with van der Waals surface area (Å²) in [5.74, 6) is 0. The van der Waals surface area contributed by atoms with Crippen molar-refractivity contribution in [2.24, 2.45) is 0 Å². The molecule has 0 aliphatic rings. The van der Waals surface area contributed by atoms with Crippen molar-refractivity contribution >= 4 is 0 Å². The third-order valence-electron chi connectivity index (χ3n) is 3.51. The van der Waals surface area contributed by atoms with Gasteiger partial charge >= 0.3 is 18.9 Å². The number of allylic oxidation sites excluding steroid dienone is 2. The fourth-order valence-electron chi connectivity index (χ4n) is 2.25. The fraction of sp³-hybridized carbons (Fsp3) is 0.833. The summed E-state index contributed by atoms with van der Waals surface area (Å²) in [6.45, 7) is 6.15. The maximum absolute atomic E-state index is 3.87. The van der Waals surface area contributed by atoms with Gasteiger partial charge in [-0.15, -0.1) is 0 Å². The quantitative estimate of drug-likeness (QED) is 0.192. The van der Waals surface area contributed by atoms with Gasteiger partial charge in [0, 0.05) is 0 Å². The summed E-state index contributed by atoms with van der Waals surface area (Å²) in [5.41, 5.74) is 0. The summed E-state index contributed by atoms with van der Waals surface area (Å²) in [7, 11) is 0. The van der Waals surface area contributed by atoms with Crippen LogP contribution < -0.4 is 18.9 Å². The molecular formula is C18H35Li. The molecule has 1 heteroatoms. The van der Waals surface area contributed by atoms with Gasteiger partial charge in [0.25, 0.3) is 0 Å². The van der Waals surface area contributed by atoms with Crippen LogP contribution in [0.5, 0.6) is 0 Å². The molecule has 0 spiro atoms. The van der Waals surface area contributed by atoms with Gasteiger partial charge in [0.15, 0.2) is 0 Å². The van der Waals surface area contributed by atoms with Crippen LogP contribution in [0, 0.1) is 6.92 Å². The molecule has 0 nitrogen and oxygen atoms in total. The minimum absolute atomic E-state index is 0. The van der Waals surface area contributed by atoms with Gasteiger partial charge in [-0.25, -0.2) is 0 Å². The summed E-state index contributed by atoms with van der Waals surface area (Å²) in [4.78, 5) is 0. The van der Waals surface area contributed by atoms with Gasteiger partial charge in [-0.2, -0.15) is 6.42 Å². The minimum Gasteiger partial charge on any atom is -0.343 e. The van der Waals surface area contributed by atoms with Crippen molar-refractivity contribution in [3.05, 3.63) is 19.1 Å². The van der Waals surface area contributed by atoms with Gasteiger partial charge in [0.1, 0.15) is 0 Å². The summed E-state index contributed by atoms with van der Waals surface area (Å²) in [5, 5.41) is 0. The van der Waals surface area contributed by atoms with Crippen LogP contribution in [0.3, 0.4) is 0 Å². The molecule has 0 aliphatic carbocycles. The topological polar surface area (TPSA) is 0 Å². The number of hydrogen-bond donors (Lipinski definition) is 0. The smallest absolute Gasteiger partial charge is 0.343 e. The molecule has 0 fully saturated rings. The van der Waals surface area contributed by atoms with E-state index in [4.69, 9.17) is 0 Å². The molecule has 0 aromatic carbocycles. The molecule has 0 bridgehead atoms. The molecule has 0 saturated carbocycles. The Labute approximate surface area is 135 Å². The first-order valence-corrected chi connectivity index (χ1v) is 8.36. The monoisotopic (exact) mass is 258 g/mol. The van der Waals surface area contributed by atoms with E-state index in [1.54, 1.807) is 0 Å². The van der Waals surface area contributed by atoms with Crippen LogP contribution in [0.4, 0.5) is 0 Å². The number of hydrogen-bond acceptors (Lipinski definition) is 0. The van der Waals surface area contributed by atoms with E-state index in [0.29, 0.717) is 0 Å². The molecule has 0 aromatic heterocycles. The fourth-order valence-corrected chi connectivity index (χ4v) is 2.25. The molecule has 0 radical (unpaired) electrons. The summed E-state index contributed by atoms with van der Waals surface area (Å²) >= 11 is 0. The van der Waals surface area contributed by atoms with E-state index in [-0.39, 0.29) is 18.9 Å².